The average Bonchev–Trinajstić information content (AvgIpc) is 2.97. The van der Waals surface area contributed by atoms with Gasteiger partial charge in [0.25, 0.3) is 5.91 Å². The van der Waals surface area contributed by atoms with Crippen LogP contribution in [0.4, 0.5) is 4.79 Å². The van der Waals surface area contributed by atoms with Crippen LogP contribution in [-0.2, 0) is 19.6 Å². The zero-order valence-electron chi connectivity index (χ0n) is 20.0. The number of rotatable bonds is 4. The Morgan fingerprint density at radius 1 is 1.11 bits per heavy atom. The number of piperazine rings is 1. The molecule has 12 heteroatoms. The topological polar surface area (TPSA) is 107 Å². The molecule has 2 aliphatic heterocycles. The Bertz CT molecular complexity index is 1170. The first-order valence-electron chi connectivity index (χ1n) is 11.6. The van der Waals surface area contributed by atoms with E-state index in [0.29, 0.717) is 12.8 Å². The van der Waals surface area contributed by atoms with E-state index in [0.717, 1.165) is 11.3 Å². The van der Waals surface area contributed by atoms with Crippen molar-refractivity contribution in [1.82, 2.24) is 19.4 Å². The van der Waals surface area contributed by atoms with Crippen molar-refractivity contribution >= 4 is 51.1 Å². The van der Waals surface area contributed by atoms with Gasteiger partial charge in [-0.15, -0.1) is 0 Å². The van der Waals surface area contributed by atoms with E-state index in [1.54, 1.807) is 0 Å². The summed E-state index contributed by atoms with van der Waals surface area (Å²) in [5.41, 5.74) is -1.07. The molecule has 1 saturated carbocycles. The quantitative estimate of drug-likeness (QED) is 0.586. The number of hydrogen-bond donors (Lipinski definition) is 1. The fourth-order valence-corrected chi connectivity index (χ4v) is 8.04. The molecule has 1 spiro atoms. The van der Waals surface area contributed by atoms with Gasteiger partial charge in [0.05, 0.1) is 10.0 Å². The molecule has 1 aromatic carbocycles. The van der Waals surface area contributed by atoms with Gasteiger partial charge in [-0.05, 0) is 42.7 Å². The monoisotopic (exact) mass is 544 g/mol. The lowest BCUT2D eigenvalue weighted by Gasteiger charge is -2.43. The van der Waals surface area contributed by atoms with Gasteiger partial charge in [-0.2, -0.15) is 4.31 Å². The highest BCUT2D eigenvalue weighted by Gasteiger charge is 2.56. The summed E-state index contributed by atoms with van der Waals surface area (Å²) in [7, 11) is -3.89. The highest BCUT2D eigenvalue weighted by Crippen LogP contribution is 2.46. The fourth-order valence-electron chi connectivity index (χ4n) is 5.89. The first-order chi connectivity index (χ1) is 16.3. The third kappa shape index (κ3) is 4.90. The van der Waals surface area contributed by atoms with Crippen LogP contribution >= 0.6 is 23.2 Å². The first-order valence-corrected chi connectivity index (χ1v) is 13.8. The molecule has 2 saturated heterocycles. The minimum atomic E-state index is -3.89. The lowest BCUT2D eigenvalue weighted by atomic mass is 9.64. The maximum absolute atomic E-state index is 13.3. The Hall–Kier alpha value is -1.88. The predicted molar refractivity (Wildman–Crippen MR) is 132 cm³/mol. The molecule has 0 bridgehead atoms. The van der Waals surface area contributed by atoms with Gasteiger partial charge < -0.3 is 10.2 Å². The van der Waals surface area contributed by atoms with Gasteiger partial charge in [0.15, 0.2) is 0 Å². The van der Waals surface area contributed by atoms with Gasteiger partial charge in [0, 0.05) is 26.2 Å². The van der Waals surface area contributed by atoms with Crippen molar-refractivity contribution in [3.63, 3.8) is 0 Å². The minimum absolute atomic E-state index is 0.0413. The zero-order chi connectivity index (χ0) is 25.8. The molecule has 2 atom stereocenters. The van der Waals surface area contributed by atoms with Gasteiger partial charge in [0.2, 0.25) is 15.9 Å². The van der Waals surface area contributed by atoms with Crippen LogP contribution in [0.15, 0.2) is 23.1 Å². The Labute approximate surface area is 215 Å². The standard InChI is InChI=1S/C23H30Cl2N4O5S/c1-15-11-22(2,3)14-23(12-15)20(31)29(21(32)26-23)13-18(30)27-7-9-28(10-8-27)35(33,34)17-6-4-5-16(24)19(17)25/h4-6,15H,7-14H2,1-3H3,(H,26,32)/t15-,23+/m1/s1. The molecule has 2 heterocycles. The van der Waals surface area contributed by atoms with Gasteiger partial charge in [0.1, 0.15) is 17.0 Å². The summed E-state index contributed by atoms with van der Waals surface area (Å²) in [6.45, 7) is 6.27. The highest BCUT2D eigenvalue weighted by molar-refractivity contribution is 7.89. The van der Waals surface area contributed by atoms with Crippen LogP contribution in [0.2, 0.25) is 10.0 Å². The third-order valence-corrected chi connectivity index (χ3v) is 9.91. The number of benzene rings is 1. The van der Waals surface area contributed by atoms with E-state index in [1.165, 1.54) is 27.4 Å². The number of sulfonamides is 1. The molecule has 3 aliphatic rings. The highest BCUT2D eigenvalue weighted by atomic mass is 35.5. The maximum Gasteiger partial charge on any atom is 0.325 e. The summed E-state index contributed by atoms with van der Waals surface area (Å²) in [6, 6.07) is 3.86. The van der Waals surface area contributed by atoms with Crippen LogP contribution in [0, 0.1) is 11.3 Å². The SMILES string of the molecule is C[C@@H]1CC(C)(C)C[C@]2(C1)NC(=O)N(CC(=O)N1CCN(S(=O)(=O)c3cccc(Cl)c3Cl)CC1)C2=O. The molecule has 0 unspecified atom stereocenters. The summed E-state index contributed by atoms with van der Waals surface area (Å²) in [5.74, 6) is -0.486. The summed E-state index contributed by atoms with van der Waals surface area (Å²) < 4.78 is 27.3. The molecule has 192 valence electrons. The maximum atomic E-state index is 13.3. The van der Waals surface area contributed by atoms with Crippen molar-refractivity contribution in [2.45, 2.75) is 50.5 Å². The van der Waals surface area contributed by atoms with Gasteiger partial charge in [-0.25, -0.2) is 13.2 Å². The molecule has 3 fully saturated rings. The van der Waals surface area contributed by atoms with Gasteiger partial charge >= 0.3 is 6.03 Å². The van der Waals surface area contributed by atoms with Crippen molar-refractivity contribution in [3.05, 3.63) is 28.2 Å². The summed E-state index contributed by atoms with van der Waals surface area (Å²) >= 11 is 12.1. The van der Waals surface area contributed by atoms with Crippen molar-refractivity contribution in [1.29, 1.82) is 0 Å². The molecular weight excluding hydrogens is 515 g/mol. The van der Waals surface area contributed by atoms with Crippen molar-refractivity contribution in [2.24, 2.45) is 11.3 Å². The average molecular weight is 545 g/mol. The molecule has 0 radical (unpaired) electrons. The molecule has 4 amide bonds. The van der Waals surface area contributed by atoms with Crippen LogP contribution in [0.1, 0.15) is 40.0 Å². The second-order valence-corrected chi connectivity index (χ2v) is 13.3. The second-order valence-electron chi connectivity index (χ2n) is 10.6. The largest absolute Gasteiger partial charge is 0.338 e. The molecular formula is C23H30Cl2N4O5S. The van der Waals surface area contributed by atoms with E-state index in [4.69, 9.17) is 23.2 Å². The smallest absolute Gasteiger partial charge is 0.325 e. The Morgan fingerprint density at radius 2 is 1.77 bits per heavy atom. The molecule has 4 rings (SSSR count). The number of carbonyl (C=O) groups is 3. The fraction of sp³-hybridized carbons (Fsp3) is 0.609. The van der Waals surface area contributed by atoms with Crippen LogP contribution in [-0.4, -0.2) is 78.6 Å². The molecule has 1 N–H and O–H groups in total. The zero-order valence-corrected chi connectivity index (χ0v) is 22.3. The minimum Gasteiger partial charge on any atom is -0.338 e. The molecule has 1 aromatic rings. The third-order valence-electron chi connectivity index (χ3n) is 7.04. The van der Waals surface area contributed by atoms with Crippen molar-refractivity contribution in [3.8, 4) is 0 Å². The van der Waals surface area contributed by atoms with Gasteiger partial charge in [-0.3, -0.25) is 14.5 Å². The molecule has 0 aromatic heterocycles. The second kappa shape index (κ2) is 9.21. The number of nitrogens with zero attached hydrogens (tertiary/aromatic N) is 3. The Kier molecular flexibility index (Phi) is 6.89. The predicted octanol–water partition coefficient (Wildman–Crippen LogP) is 2.96. The number of amides is 4. The van der Waals surface area contributed by atoms with E-state index in [9.17, 15) is 22.8 Å². The van der Waals surface area contributed by atoms with E-state index >= 15 is 0 Å². The number of hydrogen-bond acceptors (Lipinski definition) is 5. The molecule has 1 aliphatic carbocycles. The van der Waals surface area contributed by atoms with Crippen molar-refractivity contribution < 1.29 is 22.8 Å². The Balaban J connectivity index is 1.40. The number of urea groups is 1. The molecule has 9 nitrogen and oxygen atoms in total. The van der Waals surface area contributed by atoms with E-state index in [-0.39, 0.29) is 64.9 Å². The first kappa shape index (κ1) is 26.2. The summed E-state index contributed by atoms with van der Waals surface area (Å²) in [5, 5.41) is 2.98. The van der Waals surface area contributed by atoms with Crippen LogP contribution in [0.3, 0.4) is 0 Å². The van der Waals surface area contributed by atoms with Crippen LogP contribution in [0.25, 0.3) is 0 Å². The lowest BCUT2D eigenvalue weighted by Crippen LogP contribution is -2.55. The van der Waals surface area contributed by atoms with Crippen LogP contribution < -0.4 is 5.32 Å². The number of imide groups is 1. The molecule has 35 heavy (non-hydrogen) atoms. The van der Waals surface area contributed by atoms with E-state index in [2.05, 4.69) is 26.1 Å². The number of carbonyl (C=O) groups excluding carboxylic acids is 3. The van der Waals surface area contributed by atoms with Gasteiger partial charge in [-0.1, -0.05) is 50.0 Å². The van der Waals surface area contributed by atoms with E-state index in [1.807, 2.05) is 0 Å². The normalized spacial score (nSPS) is 27.4. The lowest BCUT2D eigenvalue weighted by molar-refractivity contribution is -0.141. The summed E-state index contributed by atoms with van der Waals surface area (Å²) in [6.07, 6.45) is 2.04. The number of halogens is 2. The van der Waals surface area contributed by atoms with Crippen LogP contribution in [0.5, 0.6) is 0 Å². The Morgan fingerprint density at radius 3 is 2.40 bits per heavy atom. The number of nitrogens with one attached hydrogen (secondary N) is 1. The summed E-state index contributed by atoms with van der Waals surface area (Å²) in [4.78, 5) is 41.4. The van der Waals surface area contributed by atoms with E-state index < -0.39 is 27.5 Å². The van der Waals surface area contributed by atoms with Crippen molar-refractivity contribution in [2.75, 3.05) is 32.7 Å².